The molecule has 3 nitrogen and oxygen atoms in total. The molecule has 54 valence electrons. The zero-order valence-electron chi connectivity index (χ0n) is 6.05. The Kier molecular flexibility index (Phi) is 1.49. The van der Waals surface area contributed by atoms with Crippen molar-refractivity contribution in [3.8, 4) is 0 Å². The van der Waals surface area contributed by atoms with Crippen LogP contribution in [-0.2, 0) is 9.53 Å². The van der Waals surface area contributed by atoms with Gasteiger partial charge in [0.05, 0.1) is 5.57 Å². The lowest BCUT2D eigenvalue weighted by Gasteiger charge is -2.21. The summed E-state index contributed by atoms with van der Waals surface area (Å²) in [7, 11) is 1.78. The molecule has 0 fully saturated rings. The lowest BCUT2D eigenvalue weighted by Crippen LogP contribution is -2.22. The molecule has 0 spiro atoms. The third kappa shape index (κ3) is 1.03. The van der Waals surface area contributed by atoms with E-state index in [4.69, 9.17) is 4.74 Å². The first kappa shape index (κ1) is 6.86. The van der Waals surface area contributed by atoms with Crippen LogP contribution in [-0.4, -0.2) is 17.9 Å². The largest absolute Gasteiger partial charge is 0.407 e. The van der Waals surface area contributed by atoms with E-state index < -0.39 is 0 Å². The van der Waals surface area contributed by atoms with Crippen molar-refractivity contribution >= 4 is 5.97 Å². The van der Waals surface area contributed by atoms with E-state index in [0.29, 0.717) is 11.5 Å². The number of hydrogen-bond acceptors (Lipinski definition) is 3. The summed E-state index contributed by atoms with van der Waals surface area (Å²) in [5, 5.41) is 0. The van der Waals surface area contributed by atoms with Crippen molar-refractivity contribution in [3.05, 3.63) is 24.2 Å². The molecule has 0 N–H and O–H groups in total. The number of carbonyl (C=O) groups excluding carboxylic acids is 1. The monoisotopic (exact) mass is 139 g/mol. The highest BCUT2D eigenvalue weighted by atomic mass is 16.6. The second kappa shape index (κ2) is 2.17. The lowest BCUT2D eigenvalue weighted by atomic mass is 10.3. The predicted octanol–water partition coefficient (Wildman–Crippen LogP) is 0.850. The van der Waals surface area contributed by atoms with Gasteiger partial charge in [0.15, 0.2) is 5.88 Å². The summed E-state index contributed by atoms with van der Waals surface area (Å²) < 4.78 is 4.73. The fourth-order valence-electron chi connectivity index (χ4n) is 0.675. The Balaban J connectivity index is 2.89. The van der Waals surface area contributed by atoms with E-state index in [0.717, 1.165) is 0 Å². The van der Waals surface area contributed by atoms with Gasteiger partial charge in [-0.25, -0.2) is 4.79 Å². The molecule has 0 aromatic rings. The molecule has 0 amide bonds. The highest BCUT2D eigenvalue weighted by Gasteiger charge is 2.16. The molecule has 1 heterocycles. The van der Waals surface area contributed by atoms with Crippen LogP contribution in [0.15, 0.2) is 24.2 Å². The van der Waals surface area contributed by atoms with E-state index in [-0.39, 0.29) is 5.97 Å². The van der Waals surface area contributed by atoms with Crippen LogP contribution in [0.3, 0.4) is 0 Å². The molecule has 10 heavy (non-hydrogen) atoms. The van der Waals surface area contributed by atoms with Gasteiger partial charge in [0.25, 0.3) is 0 Å². The zero-order chi connectivity index (χ0) is 7.72. The van der Waals surface area contributed by atoms with E-state index in [2.05, 4.69) is 6.58 Å². The normalized spacial score (nSPS) is 18.6. The number of cyclic esters (lactones) is 1. The summed E-state index contributed by atoms with van der Waals surface area (Å²) in [4.78, 5) is 12.4. The van der Waals surface area contributed by atoms with E-state index in [1.807, 2.05) is 0 Å². The predicted molar refractivity (Wildman–Crippen MR) is 36.8 cm³/mol. The van der Waals surface area contributed by atoms with Crippen LogP contribution in [0.25, 0.3) is 0 Å². The van der Waals surface area contributed by atoms with Crippen LogP contribution >= 0.6 is 0 Å². The molecule has 0 bridgehead atoms. The fraction of sp³-hybridized carbons (Fsp3) is 0.286. The summed E-state index contributed by atoms with van der Waals surface area (Å²) >= 11 is 0. The molecule has 0 unspecified atom stereocenters. The molecule has 1 aliphatic rings. The van der Waals surface area contributed by atoms with Crippen LogP contribution in [0.4, 0.5) is 0 Å². The Bertz CT molecular complexity index is 218. The SMILES string of the molecule is C=C1OC(=O)C(C)=CN1C. The van der Waals surface area contributed by atoms with Crippen molar-refractivity contribution in [2.75, 3.05) is 7.05 Å². The maximum atomic E-state index is 10.8. The van der Waals surface area contributed by atoms with E-state index in [1.54, 1.807) is 25.1 Å². The summed E-state index contributed by atoms with van der Waals surface area (Å²) in [6.45, 7) is 5.22. The number of ether oxygens (including phenoxy) is 1. The van der Waals surface area contributed by atoms with E-state index in [9.17, 15) is 4.79 Å². The minimum atomic E-state index is -0.317. The van der Waals surface area contributed by atoms with Gasteiger partial charge in [-0.1, -0.05) is 0 Å². The average Bonchev–Trinajstić information content (AvgIpc) is 1.84. The highest BCUT2D eigenvalue weighted by Crippen LogP contribution is 2.13. The van der Waals surface area contributed by atoms with Gasteiger partial charge in [-0.05, 0) is 13.5 Å². The number of nitrogens with zero attached hydrogens (tertiary/aromatic N) is 1. The van der Waals surface area contributed by atoms with Gasteiger partial charge in [0.2, 0.25) is 0 Å². The average molecular weight is 139 g/mol. The molecule has 0 aromatic carbocycles. The van der Waals surface area contributed by atoms with Gasteiger partial charge in [-0.2, -0.15) is 0 Å². The Labute approximate surface area is 59.6 Å². The highest BCUT2D eigenvalue weighted by molar-refractivity contribution is 5.89. The fourth-order valence-corrected chi connectivity index (χ4v) is 0.675. The summed E-state index contributed by atoms with van der Waals surface area (Å²) in [5.74, 6) is 0.0544. The van der Waals surface area contributed by atoms with Crippen molar-refractivity contribution < 1.29 is 9.53 Å². The van der Waals surface area contributed by atoms with Crippen molar-refractivity contribution in [2.45, 2.75) is 6.92 Å². The van der Waals surface area contributed by atoms with Gasteiger partial charge in [-0.3, -0.25) is 0 Å². The Hall–Kier alpha value is -1.25. The molecular formula is C7H9NO2. The number of hydrogen-bond donors (Lipinski definition) is 0. The number of rotatable bonds is 0. The minimum Gasteiger partial charge on any atom is -0.407 e. The molecule has 0 atom stereocenters. The van der Waals surface area contributed by atoms with Gasteiger partial charge < -0.3 is 9.64 Å². The first-order valence-electron chi connectivity index (χ1n) is 2.93. The van der Waals surface area contributed by atoms with Gasteiger partial charge >= 0.3 is 5.97 Å². The quantitative estimate of drug-likeness (QED) is 0.466. The van der Waals surface area contributed by atoms with Gasteiger partial charge in [0.1, 0.15) is 0 Å². The maximum Gasteiger partial charge on any atom is 0.341 e. The van der Waals surface area contributed by atoms with Crippen LogP contribution < -0.4 is 0 Å². The molecule has 0 radical (unpaired) electrons. The van der Waals surface area contributed by atoms with Crippen LogP contribution in [0.1, 0.15) is 6.92 Å². The Morgan fingerprint density at radius 2 is 2.30 bits per heavy atom. The minimum absolute atomic E-state index is 0.317. The third-order valence-corrected chi connectivity index (χ3v) is 1.31. The Morgan fingerprint density at radius 3 is 2.80 bits per heavy atom. The summed E-state index contributed by atoms with van der Waals surface area (Å²) in [5.41, 5.74) is 0.593. The maximum absolute atomic E-state index is 10.8. The van der Waals surface area contributed by atoms with Crippen LogP contribution in [0.5, 0.6) is 0 Å². The zero-order valence-corrected chi connectivity index (χ0v) is 6.05. The lowest BCUT2D eigenvalue weighted by molar-refractivity contribution is -0.138. The summed E-state index contributed by atoms with van der Waals surface area (Å²) in [6, 6.07) is 0. The second-order valence-electron chi connectivity index (χ2n) is 2.21. The molecule has 0 saturated carbocycles. The number of carbonyl (C=O) groups is 1. The molecule has 0 aromatic heterocycles. The van der Waals surface area contributed by atoms with Crippen molar-refractivity contribution in [1.29, 1.82) is 0 Å². The first-order chi connectivity index (χ1) is 4.61. The molecular weight excluding hydrogens is 130 g/mol. The van der Waals surface area contributed by atoms with Gasteiger partial charge in [0, 0.05) is 13.2 Å². The van der Waals surface area contributed by atoms with Crippen molar-refractivity contribution in [2.24, 2.45) is 0 Å². The standard InChI is InChI=1S/C7H9NO2/c1-5-4-8(3)6(2)10-7(5)9/h4H,2H2,1,3H3. The third-order valence-electron chi connectivity index (χ3n) is 1.31. The van der Waals surface area contributed by atoms with Gasteiger partial charge in [-0.15, -0.1) is 0 Å². The second-order valence-corrected chi connectivity index (χ2v) is 2.21. The summed E-state index contributed by atoms with van der Waals surface area (Å²) in [6.07, 6.45) is 1.69. The molecule has 0 aliphatic carbocycles. The van der Waals surface area contributed by atoms with Crippen LogP contribution in [0.2, 0.25) is 0 Å². The molecule has 3 heteroatoms. The Morgan fingerprint density at radius 1 is 1.70 bits per heavy atom. The van der Waals surface area contributed by atoms with Crippen molar-refractivity contribution in [1.82, 2.24) is 4.90 Å². The molecule has 1 aliphatic heterocycles. The van der Waals surface area contributed by atoms with E-state index >= 15 is 0 Å². The first-order valence-corrected chi connectivity index (χ1v) is 2.93. The molecule has 0 saturated heterocycles. The van der Waals surface area contributed by atoms with Crippen LogP contribution in [0, 0.1) is 0 Å². The molecule has 1 rings (SSSR count). The van der Waals surface area contributed by atoms with E-state index in [1.165, 1.54) is 0 Å². The number of esters is 1. The smallest absolute Gasteiger partial charge is 0.341 e. The van der Waals surface area contributed by atoms with Crippen molar-refractivity contribution in [3.63, 3.8) is 0 Å². The topological polar surface area (TPSA) is 29.5 Å².